The van der Waals surface area contributed by atoms with Crippen LogP contribution in [0.15, 0.2) is 18.2 Å². The third-order valence-electron chi connectivity index (χ3n) is 3.96. The summed E-state index contributed by atoms with van der Waals surface area (Å²) in [6.45, 7) is 1.49. The van der Waals surface area contributed by atoms with Gasteiger partial charge in [0.05, 0.1) is 23.5 Å². The first kappa shape index (κ1) is 18.5. The summed E-state index contributed by atoms with van der Waals surface area (Å²) >= 11 is 0. The summed E-state index contributed by atoms with van der Waals surface area (Å²) in [5.74, 6) is -0.575. The van der Waals surface area contributed by atoms with Crippen LogP contribution < -0.4 is 16.0 Å². The Kier molecular flexibility index (Phi) is 6.06. The Morgan fingerprint density at radius 1 is 1.33 bits per heavy atom. The van der Waals surface area contributed by atoms with Gasteiger partial charge >= 0.3 is 6.18 Å². The second kappa shape index (κ2) is 7.85. The SMILES string of the molecule is COCC(N)C(=O)Nc1cc(C(F)(F)F)ccc1N1CCCCC1. The minimum atomic E-state index is -4.48. The topological polar surface area (TPSA) is 67.6 Å². The Morgan fingerprint density at radius 2 is 2.00 bits per heavy atom. The molecule has 1 aliphatic heterocycles. The number of anilines is 2. The van der Waals surface area contributed by atoms with Gasteiger partial charge in [-0.25, -0.2) is 0 Å². The van der Waals surface area contributed by atoms with E-state index >= 15 is 0 Å². The summed E-state index contributed by atoms with van der Waals surface area (Å²) < 4.78 is 43.8. The van der Waals surface area contributed by atoms with E-state index in [4.69, 9.17) is 10.5 Å². The molecule has 0 saturated carbocycles. The predicted molar refractivity (Wildman–Crippen MR) is 86.0 cm³/mol. The molecule has 0 bridgehead atoms. The molecule has 8 heteroatoms. The fraction of sp³-hybridized carbons (Fsp3) is 0.562. The molecule has 0 aromatic heterocycles. The maximum atomic E-state index is 13.0. The summed E-state index contributed by atoms with van der Waals surface area (Å²) in [7, 11) is 1.40. The van der Waals surface area contributed by atoms with Gasteiger partial charge < -0.3 is 20.7 Å². The zero-order valence-corrected chi connectivity index (χ0v) is 13.5. The number of nitrogens with two attached hydrogens (primary N) is 1. The highest BCUT2D eigenvalue weighted by molar-refractivity contribution is 5.97. The molecule has 1 aliphatic rings. The Labute approximate surface area is 138 Å². The largest absolute Gasteiger partial charge is 0.416 e. The van der Waals surface area contributed by atoms with E-state index in [2.05, 4.69) is 5.32 Å². The van der Waals surface area contributed by atoms with Gasteiger partial charge in [0, 0.05) is 20.2 Å². The maximum Gasteiger partial charge on any atom is 0.416 e. The van der Waals surface area contributed by atoms with Gasteiger partial charge in [-0.2, -0.15) is 13.2 Å². The second-order valence-electron chi connectivity index (χ2n) is 5.83. The molecule has 2 rings (SSSR count). The van der Waals surface area contributed by atoms with E-state index in [1.807, 2.05) is 4.90 Å². The van der Waals surface area contributed by atoms with E-state index in [-0.39, 0.29) is 12.3 Å². The highest BCUT2D eigenvalue weighted by atomic mass is 19.4. The summed E-state index contributed by atoms with van der Waals surface area (Å²) in [6, 6.07) is 2.46. The molecule has 5 nitrogen and oxygen atoms in total. The lowest BCUT2D eigenvalue weighted by molar-refractivity contribution is -0.137. The van der Waals surface area contributed by atoms with Crippen LogP contribution in [0, 0.1) is 0 Å². The van der Waals surface area contributed by atoms with Gasteiger partial charge in [0.15, 0.2) is 0 Å². The number of halogens is 3. The van der Waals surface area contributed by atoms with Gasteiger partial charge in [-0.1, -0.05) is 0 Å². The molecule has 1 heterocycles. The molecule has 1 amide bonds. The second-order valence-corrected chi connectivity index (χ2v) is 5.83. The molecule has 134 valence electrons. The average molecular weight is 345 g/mol. The number of amides is 1. The van der Waals surface area contributed by atoms with E-state index in [9.17, 15) is 18.0 Å². The van der Waals surface area contributed by atoms with E-state index in [1.54, 1.807) is 0 Å². The molecule has 1 saturated heterocycles. The molecule has 1 atom stereocenters. The molecule has 1 fully saturated rings. The zero-order chi connectivity index (χ0) is 17.7. The number of ether oxygens (including phenoxy) is 1. The zero-order valence-electron chi connectivity index (χ0n) is 13.5. The van der Waals surface area contributed by atoms with Crippen LogP contribution in [-0.2, 0) is 15.7 Å². The number of alkyl halides is 3. The molecular formula is C16H22F3N3O2. The number of benzene rings is 1. The van der Waals surface area contributed by atoms with Gasteiger partial charge in [-0.05, 0) is 37.5 Å². The van der Waals surface area contributed by atoms with Crippen molar-refractivity contribution in [2.24, 2.45) is 5.73 Å². The van der Waals surface area contributed by atoms with Crippen molar-refractivity contribution in [1.82, 2.24) is 0 Å². The van der Waals surface area contributed by atoms with Crippen molar-refractivity contribution in [1.29, 1.82) is 0 Å². The van der Waals surface area contributed by atoms with Crippen LogP contribution in [-0.4, -0.2) is 38.8 Å². The number of nitrogens with zero attached hydrogens (tertiary/aromatic N) is 1. The number of carbonyl (C=O) groups excluding carboxylic acids is 1. The lowest BCUT2D eigenvalue weighted by Crippen LogP contribution is -2.39. The molecular weight excluding hydrogens is 323 g/mol. The fourth-order valence-corrected chi connectivity index (χ4v) is 2.70. The maximum absolute atomic E-state index is 13.0. The fourth-order valence-electron chi connectivity index (χ4n) is 2.70. The van der Waals surface area contributed by atoms with Crippen LogP contribution in [0.4, 0.5) is 24.5 Å². The minimum absolute atomic E-state index is 0.0101. The van der Waals surface area contributed by atoms with Crippen LogP contribution >= 0.6 is 0 Å². The Hall–Kier alpha value is -1.80. The van der Waals surface area contributed by atoms with Crippen LogP contribution in [0.1, 0.15) is 24.8 Å². The lowest BCUT2D eigenvalue weighted by Gasteiger charge is -2.31. The first-order chi connectivity index (χ1) is 11.3. The molecule has 0 radical (unpaired) electrons. The number of piperidine rings is 1. The summed E-state index contributed by atoms with van der Waals surface area (Å²) in [6.07, 6.45) is -1.44. The van der Waals surface area contributed by atoms with Crippen molar-refractivity contribution in [2.75, 3.05) is 37.0 Å². The highest BCUT2D eigenvalue weighted by Crippen LogP contribution is 2.36. The van der Waals surface area contributed by atoms with Crippen molar-refractivity contribution in [2.45, 2.75) is 31.5 Å². The monoisotopic (exact) mass is 345 g/mol. The van der Waals surface area contributed by atoms with Crippen molar-refractivity contribution in [3.8, 4) is 0 Å². The number of methoxy groups -OCH3 is 1. The smallest absolute Gasteiger partial charge is 0.383 e. The molecule has 0 spiro atoms. The number of rotatable bonds is 5. The van der Waals surface area contributed by atoms with Crippen LogP contribution in [0.5, 0.6) is 0 Å². The van der Waals surface area contributed by atoms with Crippen molar-refractivity contribution in [3.63, 3.8) is 0 Å². The first-order valence-corrected chi connectivity index (χ1v) is 7.84. The van der Waals surface area contributed by atoms with Crippen molar-refractivity contribution in [3.05, 3.63) is 23.8 Å². The Bertz CT molecular complexity index is 572. The quantitative estimate of drug-likeness (QED) is 0.861. The van der Waals surface area contributed by atoms with Gasteiger partial charge in [-0.3, -0.25) is 4.79 Å². The van der Waals surface area contributed by atoms with Gasteiger partial charge in [0.1, 0.15) is 6.04 Å². The summed E-state index contributed by atoms with van der Waals surface area (Å²) in [4.78, 5) is 14.1. The summed E-state index contributed by atoms with van der Waals surface area (Å²) in [5, 5.41) is 2.52. The number of hydrogen-bond donors (Lipinski definition) is 2. The molecule has 1 aromatic rings. The molecule has 1 aromatic carbocycles. The number of nitrogens with one attached hydrogen (secondary N) is 1. The number of carbonyl (C=O) groups is 1. The standard InChI is InChI=1S/C16H22F3N3O2/c1-24-10-12(20)15(23)21-13-9-11(16(17,18)19)5-6-14(13)22-7-3-2-4-8-22/h5-6,9,12H,2-4,7-8,10,20H2,1H3,(H,21,23). The highest BCUT2D eigenvalue weighted by Gasteiger charge is 2.32. The third kappa shape index (κ3) is 4.61. The molecule has 3 N–H and O–H groups in total. The van der Waals surface area contributed by atoms with E-state index < -0.39 is 23.7 Å². The van der Waals surface area contributed by atoms with Crippen LogP contribution in [0.3, 0.4) is 0 Å². The van der Waals surface area contributed by atoms with Gasteiger partial charge in [-0.15, -0.1) is 0 Å². The van der Waals surface area contributed by atoms with Crippen LogP contribution in [0.2, 0.25) is 0 Å². The van der Waals surface area contributed by atoms with Crippen molar-refractivity contribution < 1.29 is 22.7 Å². The third-order valence-corrected chi connectivity index (χ3v) is 3.96. The number of hydrogen-bond acceptors (Lipinski definition) is 4. The Morgan fingerprint density at radius 3 is 2.58 bits per heavy atom. The Balaban J connectivity index is 2.30. The van der Waals surface area contributed by atoms with E-state index in [0.717, 1.165) is 44.5 Å². The molecule has 24 heavy (non-hydrogen) atoms. The average Bonchev–Trinajstić information content (AvgIpc) is 2.55. The summed E-state index contributed by atoms with van der Waals surface area (Å²) in [5.41, 5.74) is 5.56. The van der Waals surface area contributed by atoms with Gasteiger partial charge in [0.2, 0.25) is 5.91 Å². The van der Waals surface area contributed by atoms with Crippen molar-refractivity contribution >= 4 is 17.3 Å². The van der Waals surface area contributed by atoms with E-state index in [0.29, 0.717) is 5.69 Å². The van der Waals surface area contributed by atoms with Crippen LogP contribution in [0.25, 0.3) is 0 Å². The predicted octanol–water partition coefficient (Wildman–Crippen LogP) is 2.61. The minimum Gasteiger partial charge on any atom is -0.383 e. The molecule has 1 unspecified atom stereocenters. The van der Waals surface area contributed by atoms with E-state index in [1.165, 1.54) is 13.2 Å². The first-order valence-electron chi connectivity index (χ1n) is 7.84. The lowest BCUT2D eigenvalue weighted by atomic mass is 10.1. The normalized spacial score (nSPS) is 16.8. The molecule has 0 aliphatic carbocycles. The van der Waals surface area contributed by atoms with Gasteiger partial charge in [0.25, 0.3) is 0 Å².